The molecule has 0 aliphatic heterocycles. The minimum Gasteiger partial charge on any atom is -0.499 e. The van der Waals surface area contributed by atoms with Gasteiger partial charge in [-0.1, -0.05) is 31.3 Å². The summed E-state index contributed by atoms with van der Waals surface area (Å²) in [6.07, 6.45) is 1.02. The van der Waals surface area contributed by atoms with E-state index in [-0.39, 0.29) is 6.04 Å². The van der Waals surface area contributed by atoms with Crippen LogP contribution in [0.5, 0.6) is 0 Å². The molecule has 66 valence electrons. The Hall–Kier alpha value is 0.452. The van der Waals surface area contributed by atoms with Crippen molar-refractivity contribution in [3.05, 3.63) is 0 Å². The third kappa shape index (κ3) is 5.69. The van der Waals surface area contributed by atoms with E-state index in [0.29, 0.717) is 0 Å². The highest BCUT2D eigenvalue weighted by molar-refractivity contribution is 6.51. The van der Waals surface area contributed by atoms with Gasteiger partial charge in [-0.05, 0) is 6.42 Å². The second-order valence-electron chi connectivity index (χ2n) is 2.94. The van der Waals surface area contributed by atoms with Crippen LogP contribution in [0.4, 0.5) is 0 Å². The molecule has 0 aliphatic carbocycles. The van der Waals surface area contributed by atoms with Gasteiger partial charge in [0.05, 0.1) is 0 Å². The molecule has 0 radical (unpaired) electrons. The summed E-state index contributed by atoms with van der Waals surface area (Å²) in [4.78, 5) is 0. The lowest BCUT2D eigenvalue weighted by molar-refractivity contribution is 0.286. The molecule has 1 unspecified atom stereocenters. The van der Waals surface area contributed by atoms with Crippen molar-refractivity contribution < 1.29 is 3.79 Å². The summed E-state index contributed by atoms with van der Waals surface area (Å²) in [6.45, 7) is 7.28. The van der Waals surface area contributed by atoms with Gasteiger partial charge in [-0.25, -0.2) is 0 Å². The predicted molar refractivity (Wildman–Crippen MR) is 50.9 cm³/mol. The zero-order valence-electron chi connectivity index (χ0n) is 7.97. The van der Waals surface area contributed by atoms with E-state index in [2.05, 4.69) is 20.8 Å². The molecule has 0 aromatic rings. The number of hydrogen-bond acceptors (Lipinski definition) is 2. The van der Waals surface area contributed by atoms with Crippen LogP contribution in [0.2, 0.25) is 10.6 Å². The SMILES string of the molecule is CCC(N)C[O][Al]([CH2]C)[CH2]C. The van der Waals surface area contributed by atoms with Crippen molar-refractivity contribution in [3.63, 3.8) is 0 Å². The van der Waals surface area contributed by atoms with Crippen LogP contribution < -0.4 is 5.73 Å². The maximum Gasteiger partial charge on any atom is 0.460 e. The molecule has 0 rings (SSSR count). The minimum atomic E-state index is -0.842. The van der Waals surface area contributed by atoms with Crippen molar-refractivity contribution in [3.8, 4) is 0 Å². The molecule has 3 heteroatoms. The Morgan fingerprint density at radius 2 is 1.82 bits per heavy atom. The van der Waals surface area contributed by atoms with Crippen LogP contribution in [-0.4, -0.2) is 27.1 Å². The van der Waals surface area contributed by atoms with Crippen LogP contribution in [0.15, 0.2) is 0 Å². The van der Waals surface area contributed by atoms with Gasteiger partial charge in [0.2, 0.25) is 0 Å². The molecule has 1 atom stereocenters. The van der Waals surface area contributed by atoms with E-state index in [1.165, 1.54) is 10.6 Å². The predicted octanol–water partition coefficient (Wildman–Crippen LogP) is 1.77. The summed E-state index contributed by atoms with van der Waals surface area (Å²) in [5.41, 5.74) is 5.73. The van der Waals surface area contributed by atoms with Gasteiger partial charge in [0.25, 0.3) is 0 Å². The third-order valence-electron chi connectivity index (χ3n) is 1.98. The monoisotopic (exact) mass is 173 g/mol. The lowest BCUT2D eigenvalue weighted by Crippen LogP contribution is -2.29. The topological polar surface area (TPSA) is 35.2 Å². The molecule has 0 aliphatic rings. The average molecular weight is 173 g/mol. The lowest BCUT2D eigenvalue weighted by Gasteiger charge is -2.13. The second-order valence-corrected chi connectivity index (χ2v) is 6.15. The van der Waals surface area contributed by atoms with Crippen molar-refractivity contribution >= 4 is 14.5 Å². The highest BCUT2D eigenvalue weighted by Gasteiger charge is 2.15. The maximum atomic E-state index is 5.73. The van der Waals surface area contributed by atoms with E-state index in [0.717, 1.165) is 13.0 Å². The minimum absolute atomic E-state index is 0.253. The van der Waals surface area contributed by atoms with Crippen molar-refractivity contribution in [2.75, 3.05) is 6.61 Å². The molecular formula is C8H20AlNO. The van der Waals surface area contributed by atoms with Gasteiger partial charge < -0.3 is 9.52 Å². The van der Waals surface area contributed by atoms with Crippen LogP contribution in [0, 0.1) is 0 Å². The van der Waals surface area contributed by atoms with Crippen molar-refractivity contribution in [2.24, 2.45) is 5.73 Å². The van der Waals surface area contributed by atoms with E-state index in [4.69, 9.17) is 9.52 Å². The molecule has 11 heavy (non-hydrogen) atoms. The summed E-state index contributed by atoms with van der Waals surface area (Å²) in [6, 6.07) is 0.253. The Labute approximate surface area is 74.8 Å². The van der Waals surface area contributed by atoms with Gasteiger partial charge >= 0.3 is 14.5 Å². The fraction of sp³-hybridized carbons (Fsp3) is 1.00. The fourth-order valence-electron chi connectivity index (χ4n) is 0.902. The lowest BCUT2D eigenvalue weighted by atomic mass is 10.3. The van der Waals surface area contributed by atoms with Crippen LogP contribution in [0.25, 0.3) is 0 Å². The average Bonchev–Trinajstić information content (AvgIpc) is 2.06. The molecule has 0 heterocycles. The maximum absolute atomic E-state index is 5.73. The number of hydrogen-bond donors (Lipinski definition) is 1. The van der Waals surface area contributed by atoms with Crippen molar-refractivity contribution in [2.45, 2.75) is 43.8 Å². The molecule has 2 nitrogen and oxygen atoms in total. The molecule has 0 fully saturated rings. The Balaban J connectivity index is 3.34. The summed E-state index contributed by atoms with van der Waals surface area (Å²) >= 11 is -0.842. The second kappa shape index (κ2) is 7.12. The van der Waals surface area contributed by atoms with Gasteiger partial charge in [0, 0.05) is 12.6 Å². The molecule has 0 aromatic carbocycles. The van der Waals surface area contributed by atoms with Crippen LogP contribution in [0.3, 0.4) is 0 Å². The standard InChI is InChI=1S/C4H10NO.2C2H5.Al/c1-2-4(5)3-6;2*1-2;/h4H,2-3,5H2,1H3;2*1H2,2H3;/q-1;;;+1. The smallest absolute Gasteiger partial charge is 0.460 e. The molecule has 0 saturated carbocycles. The Bertz CT molecular complexity index is 86.2. The molecule has 0 bridgehead atoms. The van der Waals surface area contributed by atoms with Crippen LogP contribution >= 0.6 is 0 Å². The van der Waals surface area contributed by atoms with Gasteiger partial charge in [-0.2, -0.15) is 0 Å². The Morgan fingerprint density at radius 3 is 2.18 bits per heavy atom. The Kier molecular flexibility index (Phi) is 7.41. The van der Waals surface area contributed by atoms with E-state index >= 15 is 0 Å². The number of rotatable bonds is 6. The van der Waals surface area contributed by atoms with E-state index in [1.54, 1.807) is 0 Å². The van der Waals surface area contributed by atoms with E-state index < -0.39 is 14.5 Å². The van der Waals surface area contributed by atoms with Gasteiger partial charge in [0.15, 0.2) is 0 Å². The molecular weight excluding hydrogens is 153 g/mol. The quantitative estimate of drug-likeness (QED) is 0.621. The number of nitrogens with two attached hydrogens (primary N) is 1. The normalized spacial score (nSPS) is 13.1. The first-order chi connectivity index (χ1) is 5.24. The zero-order chi connectivity index (χ0) is 8.69. The third-order valence-corrected chi connectivity index (χ3v) is 4.47. The summed E-state index contributed by atoms with van der Waals surface area (Å²) in [7, 11) is 0. The van der Waals surface area contributed by atoms with Crippen molar-refractivity contribution in [1.82, 2.24) is 0 Å². The van der Waals surface area contributed by atoms with Gasteiger partial charge in [-0.15, -0.1) is 0 Å². The molecule has 0 aromatic heterocycles. The summed E-state index contributed by atoms with van der Waals surface area (Å²) in [5, 5.41) is 2.46. The molecule has 2 N–H and O–H groups in total. The van der Waals surface area contributed by atoms with Crippen LogP contribution in [-0.2, 0) is 3.79 Å². The first-order valence-electron chi connectivity index (χ1n) is 4.61. The molecule has 0 saturated heterocycles. The summed E-state index contributed by atoms with van der Waals surface area (Å²) < 4.78 is 5.71. The van der Waals surface area contributed by atoms with Gasteiger partial charge in [-0.3, -0.25) is 0 Å². The van der Waals surface area contributed by atoms with Gasteiger partial charge in [0.1, 0.15) is 0 Å². The summed E-state index contributed by atoms with van der Waals surface area (Å²) in [5.74, 6) is 0. The zero-order valence-corrected chi connectivity index (χ0v) is 9.12. The van der Waals surface area contributed by atoms with E-state index in [9.17, 15) is 0 Å². The molecule has 0 spiro atoms. The largest absolute Gasteiger partial charge is 0.499 e. The first kappa shape index (κ1) is 11.5. The van der Waals surface area contributed by atoms with Crippen molar-refractivity contribution in [1.29, 1.82) is 0 Å². The van der Waals surface area contributed by atoms with Crippen LogP contribution in [0.1, 0.15) is 27.2 Å². The fourth-order valence-corrected chi connectivity index (χ4v) is 2.47. The first-order valence-corrected chi connectivity index (χ1v) is 6.72. The molecule has 0 amide bonds. The highest BCUT2D eigenvalue weighted by atomic mass is 27.2. The highest BCUT2D eigenvalue weighted by Crippen LogP contribution is 2.00. The Morgan fingerprint density at radius 1 is 1.27 bits per heavy atom. The van der Waals surface area contributed by atoms with E-state index in [1.807, 2.05) is 0 Å².